The number of hydrogen-bond donors (Lipinski definition) is 3. The molecule has 0 saturated carbocycles. The minimum atomic E-state index is -1.45. The van der Waals surface area contributed by atoms with Gasteiger partial charge in [-0.3, -0.25) is 9.89 Å². The molecule has 8 heteroatoms. The molecule has 0 bridgehead atoms. The maximum atomic E-state index is 13.4. The topological polar surface area (TPSA) is 117 Å². The van der Waals surface area contributed by atoms with Crippen molar-refractivity contribution in [2.45, 2.75) is 5.41 Å². The molecule has 7 nitrogen and oxygen atoms in total. The molecule has 1 spiro atoms. The summed E-state index contributed by atoms with van der Waals surface area (Å²) in [6.45, 7) is 0. The van der Waals surface area contributed by atoms with E-state index in [1.807, 2.05) is 12.1 Å². The van der Waals surface area contributed by atoms with Crippen molar-refractivity contribution in [1.82, 2.24) is 10.2 Å². The predicted molar refractivity (Wildman–Crippen MR) is 102 cm³/mol. The first-order valence-electron chi connectivity index (χ1n) is 8.41. The Morgan fingerprint density at radius 1 is 1.18 bits per heavy atom. The molecule has 28 heavy (non-hydrogen) atoms. The maximum Gasteiger partial charge on any atom is 0.245 e. The smallest absolute Gasteiger partial charge is 0.245 e. The lowest BCUT2D eigenvalue weighted by atomic mass is 9.68. The van der Waals surface area contributed by atoms with Gasteiger partial charge >= 0.3 is 0 Å². The van der Waals surface area contributed by atoms with Crippen LogP contribution in [-0.4, -0.2) is 16.1 Å². The van der Waals surface area contributed by atoms with Crippen LogP contribution in [0.1, 0.15) is 11.1 Å². The van der Waals surface area contributed by atoms with Gasteiger partial charge in [0, 0.05) is 21.8 Å². The summed E-state index contributed by atoms with van der Waals surface area (Å²) in [6, 6.07) is 16.4. The van der Waals surface area contributed by atoms with E-state index in [4.69, 9.17) is 22.1 Å². The SMILES string of the molecule is N#CC1=C(N)Oc2n[nH]c(-c3ccc(Cl)cc3)c2[C@]12C(=O)Nc1ccccc12. The first-order valence-corrected chi connectivity index (χ1v) is 8.79. The zero-order chi connectivity index (χ0) is 19.5. The Morgan fingerprint density at radius 3 is 2.68 bits per heavy atom. The van der Waals surface area contributed by atoms with Gasteiger partial charge in [-0.2, -0.15) is 5.26 Å². The Labute approximate surface area is 164 Å². The summed E-state index contributed by atoms with van der Waals surface area (Å²) in [7, 11) is 0. The van der Waals surface area contributed by atoms with Gasteiger partial charge in [-0.1, -0.05) is 41.9 Å². The van der Waals surface area contributed by atoms with E-state index in [-0.39, 0.29) is 23.2 Å². The molecule has 0 unspecified atom stereocenters. The maximum absolute atomic E-state index is 13.4. The summed E-state index contributed by atoms with van der Waals surface area (Å²) in [4.78, 5) is 13.4. The molecule has 136 valence electrons. The number of rotatable bonds is 1. The molecule has 0 fully saturated rings. The Kier molecular flexibility index (Phi) is 3.29. The fraction of sp³-hybridized carbons (Fsp3) is 0.0500. The van der Waals surface area contributed by atoms with Crippen LogP contribution in [0, 0.1) is 11.3 Å². The van der Waals surface area contributed by atoms with Gasteiger partial charge in [0.2, 0.25) is 17.7 Å². The molecule has 2 aliphatic heterocycles. The van der Waals surface area contributed by atoms with Gasteiger partial charge < -0.3 is 15.8 Å². The Balaban J connectivity index is 1.89. The van der Waals surface area contributed by atoms with E-state index in [2.05, 4.69) is 21.6 Å². The average Bonchev–Trinajstić information content (AvgIpc) is 3.23. The number of amides is 1. The molecular weight excluding hydrogens is 378 g/mol. The van der Waals surface area contributed by atoms with Gasteiger partial charge in [0.1, 0.15) is 17.1 Å². The molecule has 0 aliphatic carbocycles. The summed E-state index contributed by atoms with van der Waals surface area (Å²) in [5, 5.41) is 20.5. The third-order valence-electron chi connectivity index (χ3n) is 5.10. The Morgan fingerprint density at radius 2 is 1.93 bits per heavy atom. The van der Waals surface area contributed by atoms with Gasteiger partial charge in [-0.15, -0.1) is 5.10 Å². The van der Waals surface area contributed by atoms with Crippen LogP contribution < -0.4 is 15.8 Å². The fourth-order valence-electron chi connectivity index (χ4n) is 3.93. The van der Waals surface area contributed by atoms with Crippen LogP contribution in [0.25, 0.3) is 11.3 Å². The number of ether oxygens (including phenoxy) is 1. The van der Waals surface area contributed by atoms with Gasteiger partial charge in [0.05, 0.1) is 11.3 Å². The second-order valence-electron chi connectivity index (χ2n) is 6.49. The van der Waals surface area contributed by atoms with Gasteiger partial charge in [0.25, 0.3) is 0 Å². The van der Waals surface area contributed by atoms with E-state index in [1.54, 1.807) is 36.4 Å². The van der Waals surface area contributed by atoms with Gasteiger partial charge in [-0.25, -0.2) is 0 Å². The first kappa shape index (κ1) is 16.4. The highest BCUT2D eigenvalue weighted by molar-refractivity contribution is 6.30. The number of para-hydroxylation sites is 1. The summed E-state index contributed by atoms with van der Waals surface area (Å²) in [5.41, 5.74) is 7.59. The summed E-state index contributed by atoms with van der Waals surface area (Å²) in [5.74, 6) is -0.362. The zero-order valence-electron chi connectivity index (χ0n) is 14.3. The third kappa shape index (κ3) is 1.92. The lowest BCUT2D eigenvalue weighted by Gasteiger charge is -2.31. The molecule has 1 amide bonds. The number of aromatic amines is 1. The molecule has 4 N–H and O–H groups in total. The molecule has 1 aromatic heterocycles. The standard InChI is InChI=1S/C20H12ClN5O2/c21-11-7-5-10(6-8-11)16-15-18(26-25-16)28-17(23)13(9-22)20(15)12-3-1-2-4-14(12)24-19(20)27/h1-8H,23H2,(H,24,27)(H,25,26)/t20-/m1/s1. The highest BCUT2D eigenvalue weighted by Crippen LogP contribution is 2.55. The number of carbonyl (C=O) groups excluding carboxylic acids is 1. The lowest BCUT2D eigenvalue weighted by molar-refractivity contribution is -0.118. The third-order valence-corrected chi connectivity index (χ3v) is 5.35. The van der Waals surface area contributed by atoms with Crippen LogP contribution in [0.3, 0.4) is 0 Å². The number of hydrogen-bond acceptors (Lipinski definition) is 5. The summed E-state index contributed by atoms with van der Waals surface area (Å²) < 4.78 is 5.60. The number of halogens is 1. The van der Waals surface area contributed by atoms with Crippen molar-refractivity contribution in [2.24, 2.45) is 5.73 Å². The van der Waals surface area contributed by atoms with Crippen molar-refractivity contribution in [2.75, 3.05) is 5.32 Å². The fourth-order valence-corrected chi connectivity index (χ4v) is 4.06. The van der Waals surface area contributed by atoms with Crippen LogP contribution in [0.5, 0.6) is 5.88 Å². The Bertz CT molecular complexity index is 1220. The van der Waals surface area contributed by atoms with E-state index in [0.29, 0.717) is 27.5 Å². The van der Waals surface area contributed by atoms with Crippen molar-refractivity contribution in [3.05, 3.63) is 76.1 Å². The number of benzene rings is 2. The molecule has 1 atom stereocenters. The first-order chi connectivity index (χ1) is 13.6. The highest BCUT2D eigenvalue weighted by atomic mass is 35.5. The predicted octanol–water partition coefficient (Wildman–Crippen LogP) is 3.05. The molecule has 0 radical (unpaired) electrons. The molecule has 3 heterocycles. The number of carbonyl (C=O) groups is 1. The van der Waals surface area contributed by atoms with E-state index >= 15 is 0 Å². The molecule has 2 aromatic carbocycles. The summed E-state index contributed by atoms with van der Waals surface area (Å²) >= 11 is 6.01. The average molecular weight is 390 g/mol. The van der Waals surface area contributed by atoms with E-state index in [0.717, 1.165) is 5.56 Å². The van der Waals surface area contributed by atoms with Gasteiger partial charge in [-0.05, 0) is 18.2 Å². The van der Waals surface area contributed by atoms with Crippen molar-refractivity contribution in [1.29, 1.82) is 5.26 Å². The number of fused-ring (bicyclic) bond motifs is 4. The van der Waals surface area contributed by atoms with Gasteiger partial charge in [0.15, 0.2) is 0 Å². The second-order valence-corrected chi connectivity index (χ2v) is 6.92. The minimum absolute atomic E-state index is 0.0269. The number of nitrogens with two attached hydrogens (primary N) is 1. The summed E-state index contributed by atoms with van der Waals surface area (Å²) in [6.07, 6.45) is 0. The molecule has 2 aliphatic rings. The Hall–Kier alpha value is -3.76. The van der Waals surface area contributed by atoms with Crippen LogP contribution >= 0.6 is 11.6 Å². The molecule has 0 saturated heterocycles. The van der Waals surface area contributed by atoms with Crippen LogP contribution in [-0.2, 0) is 10.2 Å². The van der Waals surface area contributed by atoms with Crippen molar-refractivity contribution < 1.29 is 9.53 Å². The van der Waals surface area contributed by atoms with E-state index < -0.39 is 5.41 Å². The van der Waals surface area contributed by atoms with Crippen molar-refractivity contribution in [3.63, 3.8) is 0 Å². The van der Waals surface area contributed by atoms with Crippen LogP contribution in [0.2, 0.25) is 5.02 Å². The number of anilines is 1. The zero-order valence-corrected chi connectivity index (χ0v) is 15.0. The van der Waals surface area contributed by atoms with Crippen molar-refractivity contribution in [3.8, 4) is 23.2 Å². The molecule has 5 rings (SSSR count). The van der Waals surface area contributed by atoms with E-state index in [9.17, 15) is 10.1 Å². The lowest BCUT2D eigenvalue weighted by Crippen LogP contribution is -2.42. The number of nitriles is 1. The molecular formula is C20H12ClN5O2. The normalized spacial score (nSPS) is 19.6. The monoisotopic (exact) mass is 389 g/mol. The van der Waals surface area contributed by atoms with E-state index in [1.165, 1.54) is 0 Å². The quantitative estimate of drug-likeness (QED) is 0.591. The van der Waals surface area contributed by atoms with Crippen LogP contribution in [0.4, 0.5) is 5.69 Å². The minimum Gasteiger partial charge on any atom is -0.420 e. The number of nitrogens with one attached hydrogen (secondary N) is 2. The largest absolute Gasteiger partial charge is 0.420 e. The number of nitrogens with zero attached hydrogens (tertiary/aromatic N) is 2. The number of aromatic nitrogens is 2. The van der Waals surface area contributed by atoms with Crippen LogP contribution in [0.15, 0.2) is 60.0 Å². The molecule has 3 aromatic rings. The number of H-pyrrole nitrogens is 1. The van der Waals surface area contributed by atoms with Crippen molar-refractivity contribution >= 4 is 23.2 Å². The highest BCUT2D eigenvalue weighted by Gasteiger charge is 2.58. The second kappa shape index (κ2) is 5.62.